The molecule has 25 heavy (non-hydrogen) atoms. The fourth-order valence-electron chi connectivity index (χ4n) is 3.27. The van der Waals surface area contributed by atoms with Crippen LogP contribution in [0.3, 0.4) is 0 Å². The van der Waals surface area contributed by atoms with Crippen molar-refractivity contribution in [1.29, 1.82) is 0 Å². The lowest BCUT2D eigenvalue weighted by Crippen LogP contribution is -2.36. The zero-order chi connectivity index (χ0) is 17.1. The van der Waals surface area contributed by atoms with E-state index in [2.05, 4.69) is 91.9 Å². The maximum absolute atomic E-state index is 6.80. The van der Waals surface area contributed by atoms with Gasteiger partial charge in [0.1, 0.15) is 5.76 Å². The highest BCUT2D eigenvalue weighted by molar-refractivity contribution is 8.03. The van der Waals surface area contributed by atoms with Gasteiger partial charge in [-0.05, 0) is 6.92 Å². The molecule has 3 aromatic carbocycles. The third-order valence-electron chi connectivity index (χ3n) is 4.60. The van der Waals surface area contributed by atoms with Crippen molar-refractivity contribution >= 4 is 17.5 Å². The predicted octanol–water partition coefficient (Wildman–Crippen LogP) is 6.08. The van der Waals surface area contributed by atoms with Crippen molar-refractivity contribution < 1.29 is 4.74 Å². The number of thioether (sulfide) groups is 1. The van der Waals surface area contributed by atoms with E-state index in [1.165, 1.54) is 16.0 Å². The van der Waals surface area contributed by atoms with E-state index in [0.717, 1.165) is 17.1 Å². The van der Waals surface area contributed by atoms with Crippen molar-refractivity contribution in [2.24, 2.45) is 0 Å². The van der Waals surface area contributed by atoms with Crippen LogP contribution in [0.1, 0.15) is 23.6 Å². The molecule has 0 spiro atoms. The van der Waals surface area contributed by atoms with Gasteiger partial charge in [0.25, 0.3) is 0 Å². The van der Waals surface area contributed by atoms with Gasteiger partial charge in [-0.3, -0.25) is 0 Å². The monoisotopic (exact) mass is 344 g/mol. The lowest BCUT2D eigenvalue weighted by molar-refractivity contribution is 0.0993. The van der Waals surface area contributed by atoms with E-state index >= 15 is 0 Å². The highest BCUT2D eigenvalue weighted by atomic mass is 32.2. The molecule has 0 aliphatic carbocycles. The molecule has 1 aliphatic rings. The van der Waals surface area contributed by atoms with Crippen molar-refractivity contribution in [3.8, 4) is 0 Å². The standard InChI is InChI=1S/C23H20OS/c1-18-22(19-11-5-2-6-12-19)24-23(17-25-18,20-13-7-3-8-14-20)21-15-9-4-10-16-21/h2-16H,17H2,1H3. The number of rotatable bonds is 3. The SMILES string of the molecule is CC1=C(c2ccccc2)OC(c2ccccc2)(c2ccccc2)CS1. The van der Waals surface area contributed by atoms with Gasteiger partial charge in [0, 0.05) is 27.3 Å². The minimum absolute atomic E-state index is 0.474. The summed E-state index contributed by atoms with van der Waals surface area (Å²) in [6.45, 7) is 2.15. The minimum Gasteiger partial charge on any atom is -0.475 e. The molecular weight excluding hydrogens is 324 g/mol. The van der Waals surface area contributed by atoms with Gasteiger partial charge in [-0.15, -0.1) is 11.8 Å². The Balaban J connectivity index is 1.86. The number of hydrogen-bond donors (Lipinski definition) is 0. The van der Waals surface area contributed by atoms with Gasteiger partial charge in [-0.25, -0.2) is 0 Å². The molecule has 0 atom stereocenters. The van der Waals surface area contributed by atoms with Gasteiger partial charge in [0.05, 0.1) is 0 Å². The number of hydrogen-bond acceptors (Lipinski definition) is 2. The molecule has 0 saturated carbocycles. The molecule has 0 radical (unpaired) electrons. The number of ether oxygens (including phenoxy) is 1. The number of allylic oxidation sites excluding steroid dienone is 1. The molecule has 0 bridgehead atoms. The van der Waals surface area contributed by atoms with Gasteiger partial charge in [-0.2, -0.15) is 0 Å². The average Bonchev–Trinajstić information content (AvgIpc) is 2.71. The highest BCUT2D eigenvalue weighted by Crippen LogP contribution is 2.47. The largest absolute Gasteiger partial charge is 0.475 e. The molecule has 1 aliphatic heterocycles. The normalized spacial score (nSPS) is 16.4. The summed E-state index contributed by atoms with van der Waals surface area (Å²) in [6, 6.07) is 31.5. The molecule has 1 nitrogen and oxygen atoms in total. The van der Waals surface area contributed by atoms with Crippen LogP contribution in [-0.2, 0) is 10.3 Å². The fourth-order valence-corrected chi connectivity index (χ4v) is 4.37. The van der Waals surface area contributed by atoms with Gasteiger partial charge >= 0.3 is 0 Å². The minimum atomic E-state index is -0.474. The molecule has 2 heteroatoms. The lowest BCUT2D eigenvalue weighted by Gasteiger charge is -2.40. The Hall–Kier alpha value is -2.45. The summed E-state index contributed by atoms with van der Waals surface area (Å²) in [4.78, 5) is 1.23. The van der Waals surface area contributed by atoms with E-state index in [9.17, 15) is 0 Å². The van der Waals surface area contributed by atoms with Crippen LogP contribution < -0.4 is 0 Å². The Morgan fingerprint density at radius 2 is 1.20 bits per heavy atom. The first kappa shape index (κ1) is 16.0. The van der Waals surface area contributed by atoms with Crippen molar-refractivity contribution in [3.63, 3.8) is 0 Å². The van der Waals surface area contributed by atoms with E-state index in [1.807, 2.05) is 17.8 Å². The quantitative estimate of drug-likeness (QED) is 0.569. The Bertz CT molecular complexity index is 830. The van der Waals surface area contributed by atoms with Crippen molar-refractivity contribution in [2.45, 2.75) is 12.5 Å². The average molecular weight is 344 g/mol. The zero-order valence-corrected chi connectivity index (χ0v) is 15.0. The molecule has 0 saturated heterocycles. The summed E-state index contributed by atoms with van der Waals surface area (Å²) < 4.78 is 6.80. The fraction of sp³-hybridized carbons (Fsp3) is 0.130. The summed E-state index contributed by atoms with van der Waals surface area (Å²) in [5.74, 6) is 1.84. The van der Waals surface area contributed by atoms with Crippen LogP contribution in [-0.4, -0.2) is 5.75 Å². The van der Waals surface area contributed by atoms with Crippen LogP contribution in [0.5, 0.6) is 0 Å². The summed E-state index contributed by atoms with van der Waals surface area (Å²) in [7, 11) is 0. The third-order valence-corrected chi connectivity index (χ3v) is 5.77. The van der Waals surface area contributed by atoms with Crippen LogP contribution in [0.4, 0.5) is 0 Å². The Labute approximate surface area is 153 Å². The molecule has 0 N–H and O–H groups in total. The van der Waals surface area contributed by atoms with E-state index < -0.39 is 5.60 Å². The van der Waals surface area contributed by atoms with Crippen LogP contribution in [0.15, 0.2) is 95.9 Å². The first-order valence-corrected chi connectivity index (χ1v) is 9.47. The molecule has 0 aromatic heterocycles. The predicted molar refractivity (Wildman–Crippen MR) is 106 cm³/mol. The first-order valence-electron chi connectivity index (χ1n) is 8.49. The van der Waals surface area contributed by atoms with E-state index in [1.54, 1.807) is 0 Å². The summed E-state index contributed by atoms with van der Waals surface area (Å²) in [5.41, 5.74) is 3.03. The second-order valence-corrected chi connectivity index (χ2v) is 7.39. The molecule has 124 valence electrons. The van der Waals surface area contributed by atoms with Crippen LogP contribution in [0.25, 0.3) is 5.76 Å². The molecule has 0 amide bonds. The van der Waals surface area contributed by atoms with Gasteiger partial charge in [0.15, 0.2) is 5.60 Å². The van der Waals surface area contributed by atoms with Crippen molar-refractivity contribution in [1.82, 2.24) is 0 Å². The molecular formula is C23H20OS. The third kappa shape index (κ3) is 2.98. The Morgan fingerprint density at radius 1 is 0.720 bits per heavy atom. The van der Waals surface area contributed by atoms with Gasteiger partial charge in [-0.1, -0.05) is 91.0 Å². The van der Waals surface area contributed by atoms with Crippen molar-refractivity contribution in [2.75, 3.05) is 5.75 Å². The zero-order valence-electron chi connectivity index (χ0n) is 14.2. The van der Waals surface area contributed by atoms with E-state index in [4.69, 9.17) is 4.74 Å². The Morgan fingerprint density at radius 3 is 1.72 bits per heavy atom. The molecule has 0 unspecified atom stereocenters. The topological polar surface area (TPSA) is 9.23 Å². The highest BCUT2D eigenvalue weighted by Gasteiger charge is 2.40. The van der Waals surface area contributed by atoms with Gasteiger partial charge < -0.3 is 4.74 Å². The lowest BCUT2D eigenvalue weighted by atomic mass is 9.87. The van der Waals surface area contributed by atoms with Crippen LogP contribution in [0, 0.1) is 0 Å². The second kappa shape index (κ2) is 6.81. The van der Waals surface area contributed by atoms with Crippen molar-refractivity contribution in [3.05, 3.63) is 113 Å². The maximum atomic E-state index is 6.80. The molecule has 1 heterocycles. The molecule has 0 fully saturated rings. The van der Waals surface area contributed by atoms with E-state index in [0.29, 0.717) is 0 Å². The number of benzene rings is 3. The smallest absolute Gasteiger partial charge is 0.168 e. The van der Waals surface area contributed by atoms with Gasteiger partial charge in [0.2, 0.25) is 0 Å². The van der Waals surface area contributed by atoms with E-state index in [-0.39, 0.29) is 0 Å². The van der Waals surface area contributed by atoms with Crippen LogP contribution >= 0.6 is 11.8 Å². The maximum Gasteiger partial charge on any atom is 0.168 e. The Kier molecular flexibility index (Phi) is 4.37. The second-order valence-electron chi connectivity index (χ2n) is 6.20. The molecule has 3 aromatic rings. The van der Waals surface area contributed by atoms with Crippen LogP contribution in [0.2, 0.25) is 0 Å². The molecule has 4 rings (SSSR count). The first-order chi connectivity index (χ1) is 12.3. The summed E-state index contributed by atoms with van der Waals surface area (Å²) >= 11 is 1.87. The summed E-state index contributed by atoms with van der Waals surface area (Å²) in [5, 5.41) is 0. The summed E-state index contributed by atoms with van der Waals surface area (Å²) in [6.07, 6.45) is 0.